The Morgan fingerprint density at radius 3 is 1.63 bits per heavy atom. The van der Waals surface area contributed by atoms with E-state index in [9.17, 15) is 10.2 Å². The van der Waals surface area contributed by atoms with Crippen LogP contribution in [0.3, 0.4) is 0 Å². The molecule has 0 saturated carbocycles. The third kappa shape index (κ3) is 8.94. The van der Waals surface area contributed by atoms with Crippen LogP contribution in [0.15, 0.2) is 97.1 Å². The zero-order valence-corrected chi connectivity index (χ0v) is 28.4. The Labute approximate surface area is 283 Å². The van der Waals surface area contributed by atoms with E-state index in [1.54, 1.807) is 0 Å². The number of benzene rings is 4. The van der Waals surface area contributed by atoms with Crippen molar-refractivity contribution in [1.82, 2.24) is 9.80 Å². The second-order valence-corrected chi connectivity index (χ2v) is 11.6. The van der Waals surface area contributed by atoms with Crippen LogP contribution in [0.5, 0.6) is 11.5 Å². The van der Waals surface area contributed by atoms with Gasteiger partial charge in [-0.1, -0.05) is 136 Å². The first-order valence-corrected chi connectivity index (χ1v) is 16.9. The van der Waals surface area contributed by atoms with Gasteiger partial charge in [-0.25, -0.2) is 0 Å². The van der Waals surface area contributed by atoms with Crippen molar-refractivity contribution in [3.05, 3.63) is 119 Å². The monoisotopic (exact) mass is 657 g/mol. The summed E-state index contributed by atoms with van der Waals surface area (Å²) >= 11 is 1.06. The first kappa shape index (κ1) is 35.6. The van der Waals surface area contributed by atoms with E-state index in [1.165, 1.54) is 12.8 Å². The van der Waals surface area contributed by atoms with Gasteiger partial charge in [-0.05, 0) is 61.3 Å². The number of para-hydroxylation sites is 2. The van der Waals surface area contributed by atoms with Gasteiger partial charge in [-0.15, -0.1) is 13.1 Å². The van der Waals surface area contributed by atoms with E-state index >= 15 is 0 Å². The number of rotatable bonds is 9. The van der Waals surface area contributed by atoms with Crippen molar-refractivity contribution in [3.8, 4) is 33.8 Å². The molecule has 2 atom stereocenters. The van der Waals surface area contributed by atoms with Crippen LogP contribution in [0.25, 0.3) is 32.9 Å². The summed E-state index contributed by atoms with van der Waals surface area (Å²) in [5.41, 5.74) is 5.70. The molecule has 0 radical (unpaired) electrons. The molecule has 8 heteroatoms. The number of phenols is 2. The van der Waals surface area contributed by atoms with Crippen molar-refractivity contribution in [3.63, 3.8) is 0 Å². The summed E-state index contributed by atoms with van der Waals surface area (Å²) in [6.07, 6.45) is 4.54. The van der Waals surface area contributed by atoms with E-state index in [2.05, 4.69) is 23.6 Å². The first-order valence-electron chi connectivity index (χ1n) is 16.4. The molecule has 0 aromatic heterocycles. The van der Waals surface area contributed by atoms with Crippen LogP contribution < -0.4 is 0 Å². The first-order chi connectivity index (χ1) is 22.6. The van der Waals surface area contributed by atoms with E-state index < -0.39 is 0 Å². The zero-order chi connectivity index (χ0) is 32.7. The quantitative estimate of drug-likeness (QED) is 0.188. The molecule has 4 aromatic carbocycles. The van der Waals surface area contributed by atoms with Gasteiger partial charge < -0.3 is 30.6 Å². The third-order valence-electron chi connectivity index (χ3n) is 8.46. The van der Waals surface area contributed by atoms with Gasteiger partial charge in [-0.3, -0.25) is 0 Å². The Bertz CT molecular complexity index is 1470. The average molecular weight is 658 g/mol. The number of nitrogens with zero attached hydrogens (tertiary/aromatic N) is 4. The van der Waals surface area contributed by atoms with E-state index in [4.69, 9.17) is 14.3 Å². The molecule has 7 nitrogen and oxygen atoms in total. The van der Waals surface area contributed by atoms with E-state index in [-0.39, 0.29) is 12.3 Å². The minimum atomic E-state index is -0.0163. The number of aromatic hydroxyl groups is 2. The molecule has 0 aliphatic carbocycles. The van der Waals surface area contributed by atoms with Crippen LogP contribution in [0.4, 0.5) is 0 Å². The van der Waals surface area contributed by atoms with Crippen molar-refractivity contribution in [2.24, 2.45) is 0 Å². The molecule has 2 aliphatic rings. The molecular formula is C38H46N4O3V. The second-order valence-electron chi connectivity index (χ2n) is 11.6. The zero-order valence-electron chi connectivity index (χ0n) is 27.0. The maximum absolute atomic E-state index is 10.8. The molecule has 0 amide bonds. The Kier molecular flexibility index (Phi) is 14.5. The number of unbranched alkanes of at least 4 members (excludes halogenated alkanes) is 1. The van der Waals surface area contributed by atoms with Gasteiger partial charge in [-0.2, -0.15) is 0 Å². The summed E-state index contributed by atoms with van der Waals surface area (Å²) in [7, 11) is 0. The van der Waals surface area contributed by atoms with Gasteiger partial charge in [0, 0.05) is 11.1 Å². The Balaban J connectivity index is 0.000000198. The summed E-state index contributed by atoms with van der Waals surface area (Å²) in [6, 6.07) is 32.1. The van der Waals surface area contributed by atoms with Crippen molar-refractivity contribution in [2.45, 2.75) is 51.9 Å². The third-order valence-corrected chi connectivity index (χ3v) is 8.46. The van der Waals surface area contributed by atoms with Crippen LogP contribution in [-0.4, -0.2) is 59.3 Å². The van der Waals surface area contributed by atoms with Crippen LogP contribution in [0.1, 0.15) is 63.0 Å². The van der Waals surface area contributed by atoms with Gasteiger partial charge in [0.05, 0.1) is 0 Å². The van der Waals surface area contributed by atoms with Crippen molar-refractivity contribution < 1.29 is 31.3 Å². The van der Waals surface area contributed by atoms with Crippen molar-refractivity contribution >= 4 is 0 Å². The van der Waals surface area contributed by atoms with Gasteiger partial charge in [0.2, 0.25) is 0 Å². The number of hydrogen-bond donors (Lipinski definition) is 2. The summed E-state index contributed by atoms with van der Waals surface area (Å²) in [5, 5.41) is 31.0. The Morgan fingerprint density at radius 2 is 1.13 bits per heavy atom. The minimum absolute atomic E-state index is 0.00443. The molecule has 2 heterocycles. The fourth-order valence-corrected chi connectivity index (χ4v) is 6.22. The molecule has 4 aromatic rings. The fraction of sp³-hybridized carbons (Fsp3) is 0.368. The number of phenolic OH excluding ortho intramolecular Hbond substituents is 2. The summed E-state index contributed by atoms with van der Waals surface area (Å²) in [4.78, 5) is 4.74. The molecule has 0 bridgehead atoms. The molecule has 2 aliphatic heterocycles. The molecule has 2 saturated heterocycles. The molecule has 6 rings (SSSR count). The van der Waals surface area contributed by atoms with Crippen LogP contribution in [-0.2, 0) is 21.0 Å². The molecule has 241 valence electrons. The Hall–Kier alpha value is -3.30. The number of hydrogen-bond acceptors (Lipinski definition) is 5. The van der Waals surface area contributed by atoms with Crippen LogP contribution >= 0.6 is 0 Å². The molecule has 2 unspecified atom stereocenters. The maximum atomic E-state index is 10.8. The van der Waals surface area contributed by atoms with Crippen molar-refractivity contribution in [1.29, 1.82) is 0 Å². The summed E-state index contributed by atoms with van der Waals surface area (Å²) < 4.78 is 8.19. The SMILES string of the molecule is CCCCN1CC[N-]C1c1cccc(-c2ccccc2)c1O.CCCN1CCC[N-]C1c1cccc(-c2ccccc2)c1O.[O]=[V+2]. The van der Waals surface area contributed by atoms with E-state index in [0.29, 0.717) is 11.5 Å². The van der Waals surface area contributed by atoms with Gasteiger partial charge >= 0.3 is 21.0 Å². The van der Waals surface area contributed by atoms with Gasteiger partial charge in [0.25, 0.3) is 0 Å². The molecular weight excluding hydrogens is 611 g/mol. The second kappa shape index (κ2) is 18.8. The van der Waals surface area contributed by atoms with E-state index in [1.807, 2.05) is 97.1 Å². The average Bonchev–Trinajstić information content (AvgIpc) is 3.58. The Morgan fingerprint density at radius 1 is 0.630 bits per heavy atom. The fourth-order valence-electron chi connectivity index (χ4n) is 6.22. The van der Waals surface area contributed by atoms with Gasteiger partial charge in [0.15, 0.2) is 0 Å². The topological polar surface area (TPSA) is 92.2 Å². The predicted molar refractivity (Wildman–Crippen MR) is 183 cm³/mol. The van der Waals surface area contributed by atoms with Crippen LogP contribution in [0, 0.1) is 0 Å². The molecule has 0 spiro atoms. The van der Waals surface area contributed by atoms with Crippen molar-refractivity contribution in [2.75, 3.05) is 39.3 Å². The predicted octanol–water partition coefficient (Wildman–Crippen LogP) is 8.97. The normalized spacial score (nSPS) is 18.3. The summed E-state index contributed by atoms with van der Waals surface area (Å²) in [6.45, 7) is 10.2. The molecule has 2 N–H and O–H groups in total. The standard InChI is InChI=1S/2C19H23N2O.O.V/c1-2-13-21-14-7-12-20-19(21)17-11-6-10-16(18(17)22)15-8-4-3-5-9-15;1-2-3-13-21-14-12-20-19(21)17-11-7-10-16(18(17)22)15-8-5-4-6-9-15;;/h3-6,8-11,19,22H,2,7,12-14H2,1H3;4-11,19,22H,2-3,12-14H2,1H3;;/q2*-1;;+2. The van der Waals surface area contributed by atoms with Crippen LogP contribution in [0.2, 0.25) is 0 Å². The van der Waals surface area contributed by atoms with E-state index in [0.717, 1.165) is 103 Å². The summed E-state index contributed by atoms with van der Waals surface area (Å²) in [5.74, 6) is 0.733. The molecule has 46 heavy (non-hydrogen) atoms. The van der Waals surface area contributed by atoms with Gasteiger partial charge in [0.1, 0.15) is 11.5 Å². The molecule has 2 fully saturated rings.